The summed E-state index contributed by atoms with van der Waals surface area (Å²) in [5.74, 6) is 1.63. The Morgan fingerprint density at radius 1 is 0.327 bits per heavy atom. The zero-order valence-electron chi connectivity index (χ0n) is 28.9. The van der Waals surface area contributed by atoms with Crippen molar-refractivity contribution in [2.24, 2.45) is 0 Å². The fraction of sp³-hybridized carbons (Fsp3) is 0.0400. The molecule has 52 heavy (non-hydrogen) atoms. The van der Waals surface area contributed by atoms with Crippen LogP contribution < -0.4 is 9.47 Å². The molecule has 0 atom stereocenters. The average Bonchev–Trinajstić information content (AvgIpc) is 3.21. The number of ether oxygens (including phenoxy) is 2. The van der Waals surface area contributed by atoms with E-state index in [9.17, 15) is 0 Å². The van der Waals surface area contributed by atoms with E-state index in [1.807, 2.05) is 24.3 Å². The minimum Gasteiger partial charge on any atom is -0.488 e. The van der Waals surface area contributed by atoms with E-state index in [2.05, 4.69) is 182 Å². The van der Waals surface area contributed by atoms with Crippen LogP contribution in [0.15, 0.2) is 182 Å². The summed E-state index contributed by atoms with van der Waals surface area (Å²) in [7, 11) is 0. The van der Waals surface area contributed by atoms with E-state index >= 15 is 0 Å². The van der Waals surface area contributed by atoms with E-state index in [-0.39, 0.29) is 0 Å². The van der Waals surface area contributed by atoms with Gasteiger partial charge < -0.3 is 9.47 Å². The van der Waals surface area contributed by atoms with Crippen molar-refractivity contribution in [1.82, 2.24) is 0 Å². The maximum absolute atomic E-state index is 6.72. The van der Waals surface area contributed by atoms with Crippen molar-refractivity contribution in [2.45, 2.75) is 13.2 Å². The van der Waals surface area contributed by atoms with E-state index in [4.69, 9.17) is 9.47 Å². The Balaban J connectivity index is 1.28. The van der Waals surface area contributed by atoms with Gasteiger partial charge in [0.15, 0.2) is 0 Å². The molecule has 8 aromatic carbocycles. The summed E-state index contributed by atoms with van der Waals surface area (Å²) >= 11 is 0. The summed E-state index contributed by atoms with van der Waals surface area (Å²) in [6.45, 7) is 0.910. The quantitative estimate of drug-likeness (QED) is 0.128. The zero-order chi connectivity index (χ0) is 35.0. The lowest BCUT2D eigenvalue weighted by Gasteiger charge is -2.20. The molecule has 0 aliphatic rings. The zero-order valence-corrected chi connectivity index (χ0v) is 28.9. The van der Waals surface area contributed by atoms with Gasteiger partial charge in [-0.05, 0) is 79.2 Å². The van der Waals surface area contributed by atoms with E-state index in [0.717, 1.165) is 66.4 Å². The standard InChI is InChI=1S/C50H38O2/c1-5-13-37(14-6-1)21-23-39-25-29-45-43(33-39)27-31-47(51-35-41-17-9-3-10-18-41)49(45)50-46-30-26-40(24-22-38-15-7-2-8-16-38)34-44(46)28-32-48(50)52-36-42-19-11-4-12-20-42/h1-34H,35-36H2/b23-21-,24-22+. The predicted octanol–water partition coefficient (Wildman–Crippen LogP) is 13.2. The Hall–Kier alpha value is -6.64. The predicted molar refractivity (Wildman–Crippen MR) is 219 cm³/mol. The van der Waals surface area contributed by atoms with Crippen molar-refractivity contribution < 1.29 is 9.47 Å². The second-order valence-electron chi connectivity index (χ2n) is 12.9. The summed E-state index contributed by atoms with van der Waals surface area (Å²) in [5.41, 5.74) is 8.87. The lowest BCUT2D eigenvalue weighted by molar-refractivity contribution is 0.303. The fourth-order valence-corrected chi connectivity index (χ4v) is 6.60. The van der Waals surface area contributed by atoms with Crippen molar-refractivity contribution in [3.05, 3.63) is 215 Å². The van der Waals surface area contributed by atoms with Gasteiger partial charge in [0.25, 0.3) is 0 Å². The molecule has 0 radical (unpaired) electrons. The van der Waals surface area contributed by atoms with Gasteiger partial charge in [0.05, 0.1) is 0 Å². The number of benzene rings is 8. The highest BCUT2D eigenvalue weighted by atomic mass is 16.5. The molecule has 0 saturated carbocycles. The summed E-state index contributed by atoms with van der Waals surface area (Å²) in [4.78, 5) is 0. The first kappa shape index (κ1) is 32.6. The third kappa shape index (κ3) is 7.57. The molecule has 0 heterocycles. The molecule has 0 aromatic heterocycles. The molecular weight excluding hydrogens is 633 g/mol. The minimum atomic E-state index is 0.455. The monoisotopic (exact) mass is 670 g/mol. The molecule has 0 spiro atoms. The topological polar surface area (TPSA) is 18.5 Å². The molecule has 8 rings (SSSR count). The normalized spacial score (nSPS) is 11.5. The molecule has 8 aromatic rings. The summed E-state index contributed by atoms with van der Waals surface area (Å²) < 4.78 is 13.4. The molecule has 0 bridgehead atoms. The summed E-state index contributed by atoms with van der Waals surface area (Å²) in [6.07, 6.45) is 8.66. The van der Waals surface area contributed by atoms with Gasteiger partial charge >= 0.3 is 0 Å². The first-order valence-electron chi connectivity index (χ1n) is 17.7. The van der Waals surface area contributed by atoms with Gasteiger partial charge in [-0.1, -0.05) is 182 Å². The lowest BCUT2D eigenvalue weighted by Crippen LogP contribution is -2.01. The second-order valence-corrected chi connectivity index (χ2v) is 12.9. The van der Waals surface area contributed by atoms with Gasteiger partial charge in [-0.3, -0.25) is 0 Å². The molecular formula is C50H38O2. The Labute approximate surface area is 305 Å². The molecule has 0 unspecified atom stereocenters. The van der Waals surface area contributed by atoms with E-state index in [1.54, 1.807) is 0 Å². The Morgan fingerprint density at radius 2 is 0.692 bits per heavy atom. The summed E-state index contributed by atoms with van der Waals surface area (Å²) in [5, 5.41) is 4.47. The molecule has 250 valence electrons. The van der Waals surface area contributed by atoms with Crippen LogP contribution in [0, 0.1) is 0 Å². The summed E-state index contributed by atoms with van der Waals surface area (Å²) in [6, 6.07) is 63.4. The molecule has 0 aliphatic carbocycles. The highest BCUT2D eigenvalue weighted by Crippen LogP contribution is 2.46. The molecule has 0 fully saturated rings. The van der Waals surface area contributed by atoms with E-state index < -0.39 is 0 Å². The fourth-order valence-electron chi connectivity index (χ4n) is 6.60. The molecule has 2 heteroatoms. The van der Waals surface area contributed by atoms with E-state index in [0.29, 0.717) is 13.2 Å². The minimum absolute atomic E-state index is 0.455. The first-order chi connectivity index (χ1) is 25.8. The highest BCUT2D eigenvalue weighted by Gasteiger charge is 2.20. The largest absolute Gasteiger partial charge is 0.488 e. The Bertz CT molecular complexity index is 2300. The average molecular weight is 671 g/mol. The van der Waals surface area contributed by atoms with Crippen LogP contribution in [0.3, 0.4) is 0 Å². The van der Waals surface area contributed by atoms with Crippen molar-refractivity contribution in [3.8, 4) is 22.6 Å². The lowest BCUT2D eigenvalue weighted by atomic mass is 9.91. The van der Waals surface area contributed by atoms with Crippen molar-refractivity contribution in [2.75, 3.05) is 0 Å². The van der Waals surface area contributed by atoms with E-state index in [1.165, 1.54) is 11.1 Å². The third-order valence-corrected chi connectivity index (χ3v) is 9.27. The van der Waals surface area contributed by atoms with Gasteiger partial charge in [-0.25, -0.2) is 0 Å². The highest BCUT2D eigenvalue weighted by molar-refractivity contribution is 6.10. The molecule has 0 amide bonds. The molecule has 0 aliphatic heterocycles. The molecule has 0 N–H and O–H groups in total. The first-order valence-corrected chi connectivity index (χ1v) is 17.7. The number of hydrogen-bond acceptors (Lipinski definition) is 2. The number of rotatable bonds is 11. The second kappa shape index (κ2) is 15.5. The molecule has 2 nitrogen and oxygen atoms in total. The van der Waals surface area contributed by atoms with Crippen LogP contribution in [0.4, 0.5) is 0 Å². The SMILES string of the molecule is C(=C/c1ccc2c(-c3c(OCc4ccccc4)ccc4cc(/C=C/c5ccccc5)ccc34)c(OCc3ccccc3)ccc2c1)/c1ccccc1. The van der Waals surface area contributed by atoms with Crippen molar-refractivity contribution in [3.63, 3.8) is 0 Å². The van der Waals surface area contributed by atoms with Crippen molar-refractivity contribution >= 4 is 45.8 Å². The van der Waals surface area contributed by atoms with Gasteiger partial charge in [0.1, 0.15) is 24.7 Å². The Kier molecular flexibility index (Phi) is 9.70. The van der Waals surface area contributed by atoms with Crippen LogP contribution in [0.2, 0.25) is 0 Å². The van der Waals surface area contributed by atoms with Crippen LogP contribution in [-0.4, -0.2) is 0 Å². The maximum atomic E-state index is 6.72. The van der Waals surface area contributed by atoms with Crippen LogP contribution in [0.1, 0.15) is 33.4 Å². The smallest absolute Gasteiger partial charge is 0.128 e. The maximum Gasteiger partial charge on any atom is 0.128 e. The van der Waals surface area contributed by atoms with Crippen LogP contribution in [0.25, 0.3) is 57.0 Å². The molecule has 0 saturated heterocycles. The van der Waals surface area contributed by atoms with Gasteiger partial charge in [0.2, 0.25) is 0 Å². The van der Waals surface area contributed by atoms with Crippen LogP contribution >= 0.6 is 0 Å². The van der Waals surface area contributed by atoms with Gasteiger partial charge in [-0.15, -0.1) is 0 Å². The number of hydrogen-bond donors (Lipinski definition) is 0. The Morgan fingerprint density at radius 3 is 1.10 bits per heavy atom. The van der Waals surface area contributed by atoms with Gasteiger partial charge in [0, 0.05) is 11.1 Å². The van der Waals surface area contributed by atoms with Crippen molar-refractivity contribution in [1.29, 1.82) is 0 Å². The third-order valence-electron chi connectivity index (χ3n) is 9.27. The number of fused-ring (bicyclic) bond motifs is 2. The van der Waals surface area contributed by atoms with Crippen LogP contribution in [-0.2, 0) is 13.2 Å². The van der Waals surface area contributed by atoms with Crippen LogP contribution in [0.5, 0.6) is 11.5 Å². The van der Waals surface area contributed by atoms with Gasteiger partial charge in [-0.2, -0.15) is 0 Å².